The molecule has 2 nitrogen and oxygen atoms in total. The molecule has 3 heteroatoms. The average Bonchev–Trinajstić information content (AvgIpc) is 3.30. The Hall–Kier alpha value is -4.21. The van der Waals surface area contributed by atoms with E-state index in [2.05, 4.69) is 66.4 Å². The number of nitrogens with zero attached hydrogens (tertiary/aromatic N) is 1. The van der Waals surface area contributed by atoms with E-state index in [1.807, 2.05) is 66.7 Å². The van der Waals surface area contributed by atoms with Crippen molar-refractivity contribution < 1.29 is 4.79 Å². The highest BCUT2D eigenvalue weighted by atomic mass is 32.1. The molecule has 0 aliphatic rings. The van der Waals surface area contributed by atoms with Crippen LogP contribution in [0.15, 0.2) is 121 Å². The van der Waals surface area contributed by atoms with Crippen molar-refractivity contribution in [2.75, 3.05) is 4.90 Å². The largest absolute Gasteiger partial charge is 0.311 e. The molecule has 6 rings (SSSR count). The van der Waals surface area contributed by atoms with E-state index in [1.165, 1.54) is 20.2 Å². The lowest BCUT2D eigenvalue weighted by atomic mass is 9.95. The van der Waals surface area contributed by atoms with Crippen LogP contribution >= 0.6 is 11.3 Å². The summed E-state index contributed by atoms with van der Waals surface area (Å²) in [5.41, 5.74) is 5.65. The third-order valence-corrected chi connectivity index (χ3v) is 7.60. The summed E-state index contributed by atoms with van der Waals surface area (Å²) in [4.78, 5) is 15.8. The molecule has 0 saturated carbocycles. The van der Waals surface area contributed by atoms with Crippen LogP contribution in [-0.2, 0) is 0 Å². The van der Waals surface area contributed by atoms with Gasteiger partial charge in [0.25, 0.3) is 0 Å². The van der Waals surface area contributed by atoms with Gasteiger partial charge in [-0.1, -0.05) is 54.6 Å². The average molecular weight is 470 g/mol. The molecule has 35 heavy (non-hydrogen) atoms. The zero-order valence-corrected chi connectivity index (χ0v) is 20.1. The van der Waals surface area contributed by atoms with E-state index >= 15 is 0 Å². The second kappa shape index (κ2) is 8.86. The molecular weight excluding hydrogens is 446 g/mol. The highest BCUT2D eigenvalue weighted by molar-refractivity contribution is 7.25. The van der Waals surface area contributed by atoms with E-state index in [4.69, 9.17) is 0 Å². The molecule has 0 aliphatic carbocycles. The molecule has 0 atom stereocenters. The second-order valence-corrected chi connectivity index (χ2v) is 9.68. The van der Waals surface area contributed by atoms with Crippen LogP contribution in [0.4, 0.5) is 17.1 Å². The number of fused-ring (bicyclic) bond motifs is 3. The number of anilines is 3. The van der Waals surface area contributed by atoms with Gasteiger partial charge in [-0.05, 0) is 79.2 Å². The van der Waals surface area contributed by atoms with Gasteiger partial charge in [0.1, 0.15) is 0 Å². The van der Waals surface area contributed by atoms with Gasteiger partial charge >= 0.3 is 0 Å². The fourth-order valence-corrected chi connectivity index (χ4v) is 5.92. The number of carbonyl (C=O) groups excluding carboxylic acids is 1. The number of hydrogen-bond donors (Lipinski definition) is 0. The zero-order valence-electron chi connectivity index (χ0n) is 19.3. The molecule has 1 heterocycles. The summed E-state index contributed by atoms with van der Waals surface area (Å²) in [6.07, 6.45) is 0. The normalized spacial score (nSPS) is 11.1. The summed E-state index contributed by atoms with van der Waals surface area (Å²) in [5, 5.41) is 2.41. The number of rotatable bonds is 5. The van der Waals surface area contributed by atoms with Gasteiger partial charge in [0.2, 0.25) is 0 Å². The van der Waals surface area contributed by atoms with Crippen LogP contribution in [0, 0.1) is 6.92 Å². The van der Waals surface area contributed by atoms with E-state index < -0.39 is 0 Å². The lowest BCUT2D eigenvalue weighted by Crippen LogP contribution is -2.10. The minimum atomic E-state index is 0.0530. The van der Waals surface area contributed by atoms with Gasteiger partial charge in [0.05, 0.1) is 0 Å². The Balaban J connectivity index is 1.39. The predicted molar refractivity (Wildman–Crippen MR) is 149 cm³/mol. The SMILES string of the molecule is Cc1c(C(=O)c2ccc(N(c3ccccc3)c3ccccc3)cc2)ccc2sc3ccccc3c12. The quantitative estimate of drug-likeness (QED) is 0.235. The van der Waals surface area contributed by atoms with E-state index in [9.17, 15) is 4.79 Å². The van der Waals surface area contributed by atoms with E-state index in [1.54, 1.807) is 11.3 Å². The van der Waals surface area contributed by atoms with Crippen molar-refractivity contribution in [2.24, 2.45) is 0 Å². The Labute approximate surface area is 208 Å². The topological polar surface area (TPSA) is 20.3 Å². The number of benzene rings is 5. The molecule has 0 N–H and O–H groups in total. The minimum absolute atomic E-state index is 0.0530. The monoisotopic (exact) mass is 469 g/mol. The van der Waals surface area contributed by atoms with Gasteiger partial charge in [-0.3, -0.25) is 4.79 Å². The van der Waals surface area contributed by atoms with Crippen LogP contribution in [0.25, 0.3) is 20.2 Å². The molecule has 0 unspecified atom stereocenters. The Morgan fingerprint density at radius 1 is 0.600 bits per heavy atom. The Kier molecular flexibility index (Phi) is 5.40. The van der Waals surface area contributed by atoms with Crippen LogP contribution < -0.4 is 4.90 Å². The summed E-state index contributed by atoms with van der Waals surface area (Å²) >= 11 is 1.78. The first-order chi connectivity index (χ1) is 17.2. The third kappa shape index (κ3) is 3.80. The molecule has 0 radical (unpaired) electrons. The Morgan fingerprint density at radius 3 is 1.83 bits per heavy atom. The summed E-state index contributed by atoms with van der Waals surface area (Å²) in [7, 11) is 0. The second-order valence-electron chi connectivity index (χ2n) is 8.59. The fraction of sp³-hybridized carbons (Fsp3) is 0.0312. The van der Waals surface area contributed by atoms with Crippen LogP contribution in [0.1, 0.15) is 21.5 Å². The summed E-state index contributed by atoms with van der Waals surface area (Å²) < 4.78 is 2.47. The van der Waals surface area contributed by atoms with Crippen molar-refractivity contribution in [2.45, 2.75) is 6.92 Å². The summed E-state index contributed by atoms with van der Waals surface area (Å²) in [5.74, 6) is 0.0530. The highest BCUT2D eigenvalue weighted by Gasteiger charge is 2.18. The molecule has 0 spiro atoms. The van der Waals surface area contributed by atoms with Crippen LogP contribution in [0.3, 0.4) is 0 Å². The maximum atomic E-state index is 13.6. The molecule has 6 aromatic rings. The van der Waals surface area contributed by atoms with Crippen LogP contribution in [0.2, 0.25) is 0 Å². The van der Waals surface area contributed by atoms with E-state index in [0.29, 0.717) is 5.56 Å². The molecule has 1 aromatic heterocycles. The van der Waals surface area contributed by atoms with Gasteiger partial charge in [-0.15, -0.1) is 11.3 Å². The zero-order chi connectivity index (χ0) is 23.8. The lowest BCUT2D eigenvalue weighted by molar-refractivity contribution is 0.103. The van der Waals surface area contributed by atoms with Crippen molar-refractivity contribution in [3.8, 4) is 0 Å². The van der Waals surface area contributed by atoms with Gasteiger partial charge in [-0.2, -0.15) is 0 Å². The Morgan fingerprint density at radius 2 is 1.17 bits per heavy atom. The van der Waals surface area contributed by atoms with E-state index in [-0.39, 0.29) is 5.78 Å². The molecule has 0 amide bonds. The fourth-order valence-electron chi connectivity index (χ4n) is 4.75. The first-order valence-corrected chi connectivity index (χ1v) is 12.5. The lowest BCUT2D eigenvalue weighted by Gasteiger charge is -2.25. The van der Waals surface area contributed by atoms with E-state index in [0.717, 1.165) is 28.2 Å². The number of hydrogen-bond acceptors (Lipinski definition) is 3. The smallest absolute Gasteiger partial charge is 0.193 e. The maximum Gasteiger partial charge on any atom is 0.193 e. The summed E-state index contributed by atoms with van der Waals surface area (Å²) in [6, 6.07) is 41.0. The number of thiophene rings is 1. The maximum absolute atomic E-state index is 13.6. The number of carbonyl (C=O) groups is 1. The predicted octanol–water partition coefficient (Wildman–Crippen LogP) is 9.06. The van der Waals surface area contributed by atoms with Crippen molar-refractivity contribution in [1.82, 2.24) is 0 Å². The minimum Gasteiger partial charge on any atom is -0.311 e. The van der Waals surface area contributed by atoms with Crippen LogP contribution in [0.5, 0.6) is 0 Å². The molecule has 168 valence electrons. The van der Waals surface area contributed by atoms with Gasteiger partial charge in [0.15, 0.2) is 5.78 Å². The van der Waals surface area contributed by atoms with Gasteiger partial charge < -0.3 is 4.90 Å². The number of ketones is 1. The molecular formula is C32H23NOS. The third-order valence-electron chi connectivity index (χ3n) is 6.46. The molecule has 0 fully saturated rings. The van der Waals surface area contributed by atoms with Gasteiger partial charge in [-0.25, -0.2) is 0 Å². The molecule has 0 bridgehead atoms. The van der Waals surface area contributed by atoms with Gasteiger partial charge in [0, 0.05) is 48.4 Å². The first-order valence-electron chi connectivity index (χ1n) is 11.7. The molecule has 5 aromatic carbocycles. The Bertz CT molecular complexity index is 1610. The number of aryl methyl sites for hydroxylation is 1. The standard InChI is InChI=1S/C32H23NOS/c1-22-27(20-21-30-31(22)28-14-8-9-15-29(28)35-30)32(34)23-16-18-26(19-17-23)33(24-10-4-2-5-11-24)25-12-6-3-7-13-25/h2-21H,1H3. The van der Waals surface area contributed by atoms with Crippen LogP contribution in [-0.4, -0.2) is 5.78 Å². The molecule has 0 saturated heterocycles. The van der Waals surface area contributed by atoms with Crippen molar-refractivity contribution >= 4 is 54.4 Å². The highest BCUT2D eigenvalue weighted by Crippen LogP contribution is 2.38. The van der Waals surface area contributed by atoms with Crippen molar-refractivity contribution in [3.63, 3.8) is 0 Å². The first kappa shape index (κ1) is 21.3. The number of para-hydroxylation sites is 2. The van der Waals surface area contributed by atoms with Crippen molar-refractivity contribution in [1.29, 1.82) is 0 Å². The molecule has 0 aliphatic heterocycles. The van der Waals surface area contributed by atoms with Crippen molar-refractivity contribution in [3.05, 3.63) is 138 Å². The summed E-state index contributed by atoms with van der Waals surface area (Å²) in [6.45, 7) is 2.07.